The summed E-state index contributed by atoms with van der Waals surface area (Å²) in [5.41, 5.74) is 1.82. The fourth-order valence-corrected chi connectivity index (χ4v) is 3.31. The van der Waals surface area contributed by atoms with Crippen LogP contribution >= 0.6 is 0 Å². The number of hydrogen-bond donors (Lipinski definition) is 3. The molecule has 2 aromatic rings. The van der Waals surface area contributed by atoms with Gasteiger partial charge in [-0.1, -0.05) is 24.6 Å². The highest BCUT2D eigenvalue weighted by Crippen LogP contribution is 2.24. The maximum Gasteiger partial charge on any atom is 0.260 e. The second-order valence-electron chi connectivity index (χ2n) is 7.25. The highest BCUT2D eigenvalue weighted by atomic mass is 16.5. The number of pyridine rings is 1. The van der Waals surface area contributed by atoms with Crippen LogP contribution in [0.4, 0.5) is 5.82 Å². The molecule has 3 rings (SSSR count). The number of ether oxygens (including phenoxy) is 1. The number of benzene rings is 1. The molecule has 0 fully saturated rings. The maximum absolute atomic E-state index is 12.8. The predicted octanol–water partition coefficient (Wildman–Crippen LogP) is 3.68. The standard InChI is InChI=1S/C21H25N5O2/c1-13-7-8-18-16(10-13)21(27)25-19-6-4-5-17(24-19)20(23)26(12-22)15(3)9-14(2)11-28-18/h4-8,10,12,14-15,22-23H,9,11H2,1-3H3,(H,24,25,27). The number of hydrogen-bond acceptors (Lipinski definition) is 5. The van der Waals surface area contributed by atoms with E-state index in [1.54, 1.807) is 29.2 Å². The zero-order valence-electron chi connectivity index (χ0n) is 16.3. The Morgan fingerprint density at radius 2 is 2.07 bits per heavy atom. The van der Waals surface area contributed by atoms with Crippen LogP contribution in [0.2, 0.25) is 0 Å². The average Bonchev–Trinajstić information content (AvgIpc) is 2.67. The van der Waals surface area contributed by atoms with Gasteiger partial charge in [-0.2, -0.15) is 0 Å². The number of fused-ring (bicyclic) bond motifs is 3. The largest absolute Gasteiger partial charge is 0.492 e. The quantitative estimate of drug-likeness (QED) is 0.519. The van der Waals surface area contributed by atoms with E-state index in [1.807, 2.05) is 26.0 Å². The van der Waals surface area contributed by atoms with Crippen LogP contribution in [0.3, 0.4) is 0 Å². The van der Waals surface area contributed by atoms with Gasteiger partial charge in [-0.25, -0.2) is 4.98 Å². The van der Waals surface area contributed by atoms with Crippen LogP contribution in [0.5, 0.6) is 5.75 Å². The van der Waals surface area contributed by atoms with Gasteiger partial charge in [0.2, 0.25) is 0 Å². The molecule has 1 aliphatic heterocycles. The zero-order chi connectivity index (χ0) is 20.3. The molecule has 1 aliphatic rings. The van der Waals surface area contributed by atoms with Gasteiger partial charge in [0.25, 0.3) is 5.91 Å². The van der Waals surface area contributed by atoms with Gasteiger partial charge < -0.3 is 15.0 Å². The third-order valence-electron chi connectivity index (χ3n) is 4.75. The molecule has 28 heavy (non-hydrogen) atoms. The summed E-state index contributed by atoms with van der Waals surface area (Å²) in [5, 5.41) is 19.0. The van der Waals surface area contributed by atoms with Crippen LogP contribution in [0.1, 0.15) is 41.9 Å². The van der Waals surface area contributed by atoms with Gasteiger partial charge >= 0.3 is 0 Å². The molecule has 0 aliphatic carbocycles. The molecule has 3 N–H and O–H groups in total. The normalized spacial score (nSPS) is 20.5. The van der Waals surface area contributed by atoms with E-state index < -0.39 is 0 Å². The Kier molecular flexibility index (Phi) is 5.73. The molecule has 7 nitrogen and oxygen atoms in total. The minimum atomic E-state index is -0.308. The SMILES string of the molecule is Cc1ccc2c(c1)C(=O)Nc1cccc(n1)C(=N)N(C=N)C(C)CC(C)CO2. The number of anilines is 1. The fraction of sp³-hybridized carbons (Fsp3) is 0.333. The van der Waals surface area contributed by atoms with Crippen LogP contribution in [-0.4, -0.2) is 40.6 Å². The van der Waals surface area contributed by atoms with Crippen molar-refractivity contribution in [1.82, 2.24) is 9.88 Å². The lowest BCUT2D eigenvalue weighted by molar-refractivity contribution is 0.102. The Morgan fingerprint density at radius 3 is 2.82 bits per heavy atom. The number of rotatable bonds is 1. The zero-order valence-corrected chi connectivity index (χ0v) is 16.3. The van der Waals surface area contributed by atoms with Crippen LogP contribution in [0, 0.1) is 23.7 Å². The second-order valence-corrected chi connectivity index (χ2v) is 7.25. The van der Waals surface area contributed by atoms with Crippen LogP contribution in [-0.2, 0) is 0 Å². The summed E-state index contributed by atoms with van der Waals surface area (Å²) in [4.78, 5) is 18.8. The summed E-state index contributed by atoms with van der Waals surface area (Å²) in [7, 11) is 0. The summed E-state index contributed by atoms with van der Waals surface area (Å²) in [6.07, 6.45) is 1.88. The topological polar surface area (TPSA) is 102 Å². The summed E-state index contributed by atoms with van der Waals surface area (Å²) in [6, 6.07) is 10.6. The molecule has 1 aromatic heterocycles. The number of amidine groups is 1. The minimum absolute atomic E-state index is 0.0657. The first-order chi connectivity index (χ1) is 13.4. The molecule has 2 heterocycles. The van der Waals surface area contributed by atoms with Crippen molar-refractivity contribution in [1.29, 1.82) is 10.8 Å². The number of carbonyl (C=O) groups is 1. The van der Waals surface area contributed by atoms with Crippen LogP contribution in [0.25, 0.3) is 0 Å². The Balaban J connectivity index is 2.04. The third kappa shape index (κ3) is 4.19. The van der Waals surface area contributed by atoms with Crippen molar-refractivity contribution in [3.05, 3.63) is 53.2 Å². The van der Waals surface area contributed by atoms with Gasteiger partial charge in [0, 0.05) is 6.04 Å². The number of carbonyl (C=O) groups excluding carboxylic acids is 1. The van der Waals surface area contributed by atoms with E-state index in [1.165, 1.54) is 0 Å². The summed E-state index contributed by atoms with van der Waals surface area (Å²) in [5.74, 6) is 0.872. The van der Waals surface area contributed by atoms with Crippen molar-refractivity contribution in [2.45, 2.75) is 33.2 Å². The minimum Gasteiger partial charge on any atom is -0.492 e. The lowest BCUT2D eigenvalue weighted by atomic mass is 10.0. The van der Waals surface area contributed by atoms with Crippen LogP contribution < -0.4 is 10.1 Å². The number of nitrogens with zero attached hydrogens (tertiary/aromatic N) is 2. The van der Waals surface area contributed by atoms with Gasteiger partial charge in [0.15, 0.2) is 5.84 Å². The van der Waals surface area contributed by atoms with Gasteiger partial charge in [-0.05, 0) is 50.5 Å². The number of amides is 1. The van der Waals surface area contributed by atoms with Crippen molar-refractivity contribution in [3.63, 3.8) is 0 Å². The molecule has 2 bridgehead atoms. The number of aromatic nitrogens is 1. The van der Waals surface area contributed by atoms with Crippen molar-refractivity contribution in [2.24, 2.45) is 5.92 Å². The van der Waals surface area contributed by atoms with E-state index >= 15 is 0 Å². The highest BCUT2D eigenvalue weighted by Gasteiger charge is 2.22. The Hall–Kier alpha value is -3.22. The summed E-state index contributed by atoms with van der Waals surface area (Å²) >= 11 is 0. The number of nitrogens with one attached hydrogen (secondary N) is 3. The summed E-state index contributed by atoms with van der Waals surface area (Å²) in [6.45, 7) is 6.40. The Bertz CT molecular complexity index is 911. The molecule has 2 unspecified atom stereocenters. The van der Waals surface area contributed by atoms with E-state index in [0.29, 0.717) is 29.4 Å². The van der Waals surface area contributed by atoms with E-state index in [-0.39, 0.29) is 23.7 Å². The molecular formula is C21H25N5O2. The molecular weight excluding hydrogens is 354 g/mol. The maximum atomic E-state index is 12.8. The molecule has 146 valence electrons. The predicted molar refractivity (Wildman–Crippen MR) is 110 cm³/mol. The molecule has 0 saturated heterocycles. The van der Waals surface area contributed by atoms with Gasteiger partial charge in [-0.15, -0.1) is 0 Å². The molecule has 0 radical (unpaired) electrons. The lowest BCUT2D eigenvalue weighted by Gasteiger charge is -2.29. The van der Waals surface area contributed by atoms with Gasteiger partial charge in [0.05, 0.1) is 18.5 Å². The molecule has 1 amide bonds. The molecule has 7 heteroatoms. The van der Waals surface area contributed by atoms with Crippen LogP contribution in [0.15, 0.2) is 36.4 Å². The van der Waals surface area contributed by atoms with E-state index in [4.69, 9.17) is 15.6 Å². The molecule has 2 atom stereocenters. The molecule has 1 aromatic carbocycles. The van der Waals surface area contributed by atoms with Gasteiger partial charge in [0.1, 0.15) is 17.3 Å². The fourth-order valence-electron chi connectivity index (χ4n) is 3.31. The highest BCUT2D eigenvalue weighted by molar-refractivity contribution is 6.06. The average molecular weight is 379 g/mol. The van der Waals surface area contributed by atoms with Gasteiger partial charge in [-0.3, -0.25) is 15.6 Å². The van der Waals surface area contributed by atoms with Crippen molar-refractivity contribution in [3.8, 4) is 5.75 Å². The Labute approximate surface area is 164 Å². The second kappa shape index (κ2) is 8.21. The molecule has 0 saturated carbocycles. The van der Waals surface area contributed by atoms with E-state index in [0.717, 1.165) is 18.3 Å². The first-order valence-corrected chi connectivity index (χ1v) is 9.28. The lowest BCUT2D eigenvalue weighted by Crippen LogP contribution is -2.39. The van der Waals surface area contributed by atoms with Crippen molar-refractivity contribution >= 4 is 23.9 Å². The first-order valence-electron chi connectivity index (χ1n) is 9.28. The van der Waals surface area contributed by atoms with Crippen molar-refractivity contribution in [2.75, 3.05) is 11.9 Å². The summed E-state index contributed by atoms with van der Waals surface area (Å²) < 4.78 is 5.96. The van der Waals surface area contributed by atoms with E-state index in [2.05, 4.69) is 17.2 Å². The van der Waals surface area contributed by atoms with Crippen molar-refractivity contribution < 1.29 is 9.53 Å². The smallest absolute Gasteiger partial charge is 0.260 e. The first kappa shape index (κ1) is 19.5. The Morgan fingerprint density at radius 1 is 1.29 bits per heavy atom. The van der Waals surface area contributed by atoms with E-state index in [9.17, 15) is 4.79 Å². The molecule has 0 spiro atoms. The third-order valence-corrected chi connectivity index (χ3v) is 4.75. The monoisotopic (exact) mass is 379 g/mol. The number of aryl methyl sites for hydroxylation is 1.